The van der Waals surface area contributed by atoms with Gasteiger partial charge in [0.15, 0.2) is 0 Å². The van der Waals surface area contributed by atoms with Gasteiger partial charge in [-0.05, 0) is 25.7 Å². The van der Waals surface area contributed by atoms with Crippen LogP contribution in [0, 0.1) is 0 Å². The monoisotopic (exact) mass is 402 g/mol. The van der Waals surface area contributed by atoms with Crippen molar-refractivity contribution in [2.75, 3.05) is 32.6 Å². The Morgan fingerprint density at radius 3 is 1.04 bits per heavy atom. The van der Waals surface area contributed by atoms with E-state index < -0.39 is 0 Å². The van der Waals surface area contributed by atoms with Gasteiger partial charge >= 0.3 is 0 Å². The molecule has 1 nitrogen and oxygen atoms in total. The molecule has 0 N–H and O–H groups in total. The summed E-state index contributed by atoms with van der Waals surface area (Å²) in [7, 11) is 2.44. The molecule has 0 aromatic rings. The van der Waals surface area contributed by atoms with E-state index in [1.165, 1.54) is 133 Å². The van der Waals surface area contributed by atoms with Crippen LogP contribution in [0.1, 0.15) is 129 Å². The summed E-state index contributed by atoms with van der Waals surface area (Å²) < 4.78 is 1.20. The summed E-state index contributed by atoms with van der Waals surface area (Å²) in [5.74, 6) is 0.811. The van der Waals surface area contributed by atoms with Crippen LogP contribution in [0.3, 0.4) is 0 Å². The zero-order valence-electron chi connectivity index (χ0n) is 19.4. The van der Waals surface area contributed by atoms with Gasteiger partial charge in [0.2, 0.25) is 0 Å². The summed E-state index contributed by atoms with van der Waals surface area (Å²) in [6.07, 6.45) is 25.6. The van der Waals surface area contributed by atoms with Crippen LogP contribution in [0.2, 0.25) is 0 Å². The lowest BCUT2D eigenvalue weighted by atomic mass is 10.1. The fourth-order valence-corrected chi connectivity index (χ4v) is 4.56. The fraction of sp³-hybridized carbons (Fsp3) is 1.00. The minimum atomic E-state index is 0.811. The van der Waals surface area contributed by atoms with Crippen LogP contribution in [-0.2, 0) is 0 Å². The van der Waals surface area contributed by atoms with E-state index in [1.54, 1.807) is 0 Å². The third-order valence-corrected chi connectivity index (χ3v) is 6.40. The van der Waals surface area contributed by atoms with Crippen LogP contribution < -0.4 is 0 Å². The Bertz CT molecular complexity index is 257. The third kappa shape index (κ3) is 19.3. The standard InChI is InChI=1S/C25H53ClN/c1-4-6-8-10-12-14-16-18-20-23-27(3,25-22-26)24-21-19-17-15-13-11-9-7-5-2/h4-25H2,1-3H3/q+1. The van der Waals surface area contributed by atoms with E-state index in [0.717, 1.165) is 12.4 Å². The Hall–Kier alpha value is 0.250. The number of halogens is 1. The van der Waals surface area contributed by atoms with E-state index in [9.17, 15) is 0 Å². The molecule has 0 fully saturated rings. The van der Waals surface area contributed by atoms with Gasteiger partial charge in [0.1, 0.15) is 0 Å². The molecular formula is C25H53ClN+. The summed E-state index contributed by atoms with van der Waals surface area (Å²) in [6.45, 7) is 8.41. The van der Waals surface area contributed by atoms with E-state index in [-0.39, 0.29) is 0 Å². The molecule has 164 valence electrons. The van der Waals surface area contributed by atoms with Crippen molar-refractivity contribution >= 4 is 11.6 Å². The number of unbranched alkanes of at least 4 members (excludes halogenated alkanes) is 16. The molecule has 0 saturated heterocycles. The Kier molecular flexibility index (Phi) is 21.2. The van der Waals surface area contributed by atoms with E-state index in [0.29, 0.717) is 0 Å². The highest BCUT2D eigenvalue weighted by Gasteiger charge is 2.19. The molecule has 27 heavy (non-hydrogen) atoms. The van der Waals surface area contributed by atoms with Gasteiger partial charge in [-0.15, -0.1) is 11.6 Å². The summed E-state index contributed by atoms with van der Waals surface area (Å²) in [4.78, 5) is 0. The average Bonchev–Trinajstić information content (AvgIpc) is 2.66. The Morgan fingerprint density at radius 2 is 0.741 bits per heavy atom. The number of alkyl halides is 1. The third-order valence-electron chi connectivity index (χ3n) is 6.23. The van der Waals surface area contributed by atoms with Crippen molar-refractivity contribution in [2.24, 2.45) is 0 Å². The lowest BCUT2D eigenvalue weighted by Crippen LogP contribution is -2.47. The molecule has 0 amide bonds. The molecule has 2 heteroatoms. The maximum atomic E-state index is 6.12. The lowest BCUT2D eigenvalue weighted by Gasteiger charge is -2.34. The summed E-state index contributed by atoms with van der Waals surface area (Å²) in [6, 6.07) is 0. The van der Waals surface area contributed by atoms with Crippen molar-refractivity contribution in [3.05, 3.63) is 0 Å². The molecule has 0 heterocycles. The fourth-order valence-electron chi connectivity index (χ4n) is 4.15. The van der Waals surface area contributed by atoms with E-state index in [4.69, 9.17) is 11.6 Å². The highest BCUT2D eigenvalue weighted by Crippen LogP contribution is 2.15. The van der Waals surface area contributed by atoms with E-state index in [2.05, 4.69) is 20.9 Å². The first-order valence-corrected chi connectivity index (χ1v) is 13.1. The molecular weight excluding hydrogens is 350 g/mol. The quantitative estimate of drug-likeness (QED) is 0.0963. The van der Waals surface area contributed by atoms with Crippen LogP contribution in [0.4, 0.5) is 0 Å². The number of rotatable bonds is 22. The van der Waals surface area contributed by atoms with Crippen molar-refractivity contribution in [3.8, 4) is 0 Å². The van der Waals surface area contributed by atoms with Gasteiger partial charge in [0, 0.05) is 0 Å². The number of hydrogen-bond acceptors (Lipinski definition) is 0. The van der Waals surface area contributed by atoms with Crippen LogP contribution in [0.5, 0.6) is 0 Å². The largest absolute Gasteiger partial charge is 0.325 e. The van der Waals surface area contributed by atoms with Crippen molar-refractivity contribution in [1.82, 2.24) is 0 Å². The number of quaternary nitrogens is 1. The second kappa shape index (κ2) is 21.0. The predicted octanol–water partition coefficient (Wildman–Crippen LogP) is 8.73. The van der Waals surface area contributed by atoms with E-state index in [1.807, 2.05) is 0 Å². The van der Waals surface area contributed by atoms with Crippen LogP contribution in [0.25, 0.3) is 0 Å². The summed E-state index contributed by atoms with van der Waals surface area (Å²) in [5, 5.41) is 0. The molecule has 0 rings (SSSR count). The first-order valence-electron chi connectivity index (χ1n) is 12.6. The van der Waals surface area contributed by atoms with E-state index >= 15 is 0 Å². The molecule has 0 aromatic carbocycles. The molecule has 0 atom stereocenters. The number of hydrogen-bond donors (Lipinski definition) is 0. The van der Waals surface area contributed by atoms with Gasteiger partial charge in [0.25, 0.3) is 0 Å². The van der Waals surface area contributed by atoms with Crippen LogP contribution >= 0.6 is 11.6 Å². The Labute approximate surface area is 178 Å². The Morgan fingerprint density at radius 1 is 0.444 bits per heavy atom. The summed E-state index contributed by atoms with van der Waals surface area (Å²) in [5.41, 5.74) is 0. The smallest absolute Gasteiger partial charge is 0.0922 e. The maximum absolute atomic E-state index is 6.12. The average molecular weight is 403 g/mol. The van der Waals surface area contributed by atoms with Gasteiger partial charge in [-0.3, -0.25) is 0 Å². The first-order chi connectivity index (χ1) is 13.2. The van der Waals surface area contributed by atoms with Crippen molar-refractivity contribution in [3.63, 3.8) is 0 Å². The Balaban J connectivity index is 3.63. The normalized spacial score (nSPS) is 12.0. The van der Waals surface area contributed by atoms with Gasteiger partial charge in [-0.25, -0.2) is 0 Å². The molecule has 0 aliphatic heterocycles. The molecule has 0 aliphatic carbocycles. The van der Waals surface area contributed by atoms with Crippen molar-refractivity contribution < 1.29 is 4.48 Å². The maximum Gasteiger partial charge on any atom is 0.0922 e. The second-order valence-electron chi connectivity index (χ2n) is 9.14. The molecule has 0 unspecified atom stereocenters. The van der Waals surface area contributed by atoms with Crippen LogP contribution in [-0.4, -0.2) is 37.0 Å². The topological polar surface area (TPSA) is 0 Å². The lowest BCUT2D eigenvalue weighted by molar-refractivity contribution is -0.907. The van der Waals surface area contributed by atoms with Gasteiger partial charge in [0.05, 0.1) is 32.6 Å². The highest BCUT2D eigenvalue weighted by atomic mass is 35.5. The van der Waals surface area contributed by atoms with Crippen LogP contribution in [0.15, 0.2) is 0 Å². The van der Waals surface area contributed by atoms with Gasteiger partial charge < -0.3 is 4.48 Å². The minimum Gasteiger partial charge on any atom is -0.325 e. The predicted molar refractivity (Wildman–Crippen MR) is 126 cm³/mol. The minimum absolute atomic E-state index is 0.811. The number of nitrogens with zero attached hydrogens (tertiary/aromatic N) is 1. The van der Waals surface area contributed by atoms with Gasteiger partial charge in [-0.1, -0.05) is 104 Å². The molecule has 0 aliphatic rings. The molecule has 0 aromatic heterocycles. The van der Waals surface area contributed by atoms with Gasteiger partial charge in [-0.2, -0.15) is 0 Å². The molecule has 0 spiro atoms. The first kappa shape index (κ1) is 27.2. The van der Waals surface area contributed by atoms with Crippen molar-refractivity contribution in [2.45, 2.75) is 129 Å². The second-order valence-corrected chi connectivity index (χ2v) is 9.51. The molecule has 0 radical (unpaired) electrons. The molecule has 0 saturated carbocycles. The van der Waals surface area contributed by atoms with Crippen molar-refractivity contribution in [1.29, 1.82) is 0 Å². The SMILES string of the molecule is CCCCCCCCCCC[N+](C)(CCCl)CCCCCCCCCCC. The zero-order chi connectivity index (χ0) is 20.1. The highest BCUT2D eigenvalue weighted by molar-refractivity contribution is 6.17. The zero-order valence-corrected chi connectivity index (χ0v) is 20.1. The summed E-state index contributed by atoms with van der Waals surface area (Å²) >= 11 is 6.12. The molecule has 0 bridgehead atoms.